The van der Waals surface area contributed by atoms with E-state index in [1.54, 1.807) is 48.5 Å². The summed E-state index contributed by atoms with van der Waals surface area (Å²) in [5.74, 6) is 0.0176. The summed E-state index contributed by atoms with van der Waals surface area (Å²) in [5, 5.41) is 2.84. The molecule has 1 saturated heterocycles. The highest BCUT2D eigenvalue weighted by molar-refractivity contribution is 6.20. The van der Waals surface area contributed by atoms with Crippen molar-refractivity contribution in [1.29, 1.82) is 0 Å². The smallest absolute Gasteiger partial charge is 0.255 e. The Balaban J connectivity index is 1.51. The Morgan fingerprint density at radius 3 is 2.32 bits per heavy atom. The average molecular weight is 421 g/mol. The molecule has 1 aliphatic heterocycles. The average Bonchev–Trinajstić information content (AvgIpc) is 2.93. The zero-order valence-corrected chi connectivity index (χ0v) is 18.4. The Morgan fingerprint density at radius 2 is 1.71 bits per heavy atom. The van der Waals surface area contributed by atoms with E-state index in [-0.39, 0.29) is 29.1 Å². The van der Waals surface area contributed by atoms with Crippen LogP contribution in [0.4, 0.5) is 11.4 Å². The molecule has 6 heteroatoms. The first kappa shape index (κ1) is 21.1. The van der Waals surface area contributed by atoms with Gasteiger partial charge >= 0.3 is 0 Å². The van der Waals surface area contributed by atoms with Gasteiger partial charge in [0.15, 0.2) is 0 Å². The molecule has 31 heavy (non-hydrogen) atoms. The van der Waals surface area contributed by atoms with E-state index >= 15 is 0 Å². The number of imide groups is 1. The van der Waals surface area contributed by atoms with Crippen molar-refractivity contribution in [3.05, 3.63) is 54.1 Å². The van der Waals surface area contributed by atoms with Gasteiger partial charge in [0, 0.05) is 17.2 Å². The molecule has 1 N–H and O–H groups in total. The highest BCUT2D eigenvalue weighted by Gasteiger charge is 2.64. The fourth-order valence-electron chi connectivity index (χ4n) is 4.83. The van der Waals surface area contributed by atoms with Crippen LogP contribution in [0.15, 0.2) is 48.5 Å². The summed E-state index contributed by atoms with van der Waals surface area (Å²) in [5.41, 5.74) is 0.709. The summed E-state index contributed by atoms with van der Waals surface area (Å²) in [6.07, 6.45) is 1.45. The molecule has 1 saturated carbocycles. The van der Waals surface area contributed by atoms with Crippen molar-refractivity contribution in [2.24, 2.45) is 16.7 Å². The standard InChI is InChI=1S/C25H28N2O4/c1-5-31-19-12-8-17(9-13-19)26-21(28)16-6-10-18(11-7-16)27-22(29)20-14-15-25(4,23(27)30)24(20,2)3/h6-13,20H,5,14-15H2,1-4H3,(H,26,28)/t20-,25-/m1/s1. The van der Waals surface area contributed by atoms with Crippen molar-refractivity contribution < 1.29 is 19.1 Å². The van der Waals surface area contributed by atoms with Crippen molar-refractivity contribution in [3.63, 3.8) is 0 Å². The van der Waals surface area contributed by atoms with Gasteiger partial charge in [0.05, 0.1) is 17.7 Å². The molecule has 2 aliphatic rings. The molecule has 0 radical (unpaired) electrons. The molecule has 0 unspecified atom stereocenters. The number of anilines is 2. The molecule has 162 valence electrons. The Labute approximate surface area is 182 Å². The molecular weight excluding hydrogens is 392 g/mol. The largest absolute Gasteiger partial charge is 0.494 e. The lowest BCUT2D eigenvalue weighted by molar-refractivity contribution is -0.146. The van der Waals surface area contributed by atoms with Gasteiger partial charge in [-0.15, -0.1) is 0 Å². The summed E-state index contributed by atoms with van der Waals surface area (Å²) in [4.78, 5) is 40.3. The predicted molar refractivity (Wildman–Crippen MR) is 119 cm³/mol. The van der Waals surface area contributed by atoms with Gasteiger partial charge in [0.1, 0.15) is 5.75 Å². The normalized spacial score (nSPS) is 24.3. The molecule has 6 nitrogen and oxygen atoms in total. The summed E-state index contributed by atoms with van der Waals surface area (Å²) < 4.78 is 5.41. The minimum atomic E-state index is -0.560. The van der Waals surface area contributed by atoms with Gasteiger partial charge in [-0.25, -0.2) is 4.90 Å². The van der Waals surface area contributed by atoms with Crippen molar-refractivity contribution >= 4 is 29.1 Å². The van der Waals surface area contributed by atoms with Crippen molar-refractivity contribution in [1.82, 2.24) is 0 Å². The van der Waals surface area contributed by atoms with Crippen LogP contribution >= 0.6 is 0 Å². The number of nitrogens with zero attached hydrogens (tertiary/aromatic N) is 1. The highest BCUT2D eigenvalue weighted by atomic mass is 16.5. The van der Waals surface area contributed by atoms with Crippen LogP contribution in [0.25, 0.3) is 0 Å². The van der Waals surface area contributed by atoms with Crippen LogP contribution in [0.5, 0.6) is 5.75 Å². The Bertz CT molecular complexity index is 1030. The molecule has 2 fully saturated rings. The first-order valence-corrected chi connectivity index (χ1v) is 10.7. The van der Waals surface area contributed by atoms with E-state index in [0.717, 1.165) is 12.2 Å². The fraction of sp³-hybridized carbons (Fsp3) is 0.400. The first-order valence-electron chi connectivity index (χ1n) is 10.7. The number of carbonyl (C=O) groups excluding carboxylic acids is 3. The topological polar surface area (TPSA) is 75.7 Å². The van der Waals surface area contributed by atoms with Gasteiger partial charge in [0.25, 0.3) is 5.91 Å². The van der Waals surface area contributed by atoms with E-state index in [1.807, 2.05) is 27.7 Å². The molecule has 4 rings (SSSR count). The van der Waals surface area contributed by atoms with E-state index in [2.05, 4.69) is 5.32 Å². The third-order valence-corrected chi connectivity index (χ3v) is 7.23. The maximum atomic E-state index is 13.3. The molecule has 0 aromatic heterocycles. The summed E-state index contributed by atoms with van der Waals surface area (Å²) in [7, 11) is 0. The number of carbonyl (C=O) groups is 3. The van der Waals surface area contributed by atoms with Gasteiger partial charge in [-0.05, 0) is 73.7 Å². The van der Waals surface area contributed by atoms with Gasteiger partial charge in [-0.1, -0.05) is 20.8 Å². The Morgan fingerprint density at radius 1 is 1.06 bits per heavy atom. The third kappa shape index (κ3) is 3.30. The number of benzene rings is 2. The lowest BCUT2D eigenvalue weighted by Crippen LogP contribution is -2.59. The number of fused-ring (bicyclic) bond motifs is 2. The van der Waals surface area contributed by atoms with Crippen LogP contribution in [0.2, 0.25) is 0 Å². The molecule has 2 aromatic carbocycles. The molecule has 2 atom stereocenters. The van der Waals surface area contributed by atoms with Crippen LogP contribution in [0, 0.1) is 16.7 Å². The second-order valence-electron chi connectivity index (χ2n) is 9.08. The van der Waals surface area contributed by atoms with E-state index in [4.69, 9.17) is 4.74 Å². The van der Waals surface area contributed by atoms with Crippen LogP contribution in [0.1, 0.15) is 50.9 Å². The summed E-state index contributed by atoms with van der Waals surface area (Å²) >= 11 is 0. The second kappa shape index (κ2) is 7.52. The minimum Gasteiger partial charge on any atom is -0.494 e. The Hall–Kier alpha value is -3.15. The minimum absolute atomic E-state index is 0.142. The number of hydrogen-bond donors (Lipinski definition) is 1. The van der Waals surface area contributed by atoms with Crippen LogP contribution in [0.3, 0.4) is 0 Å². The second-order valence-corrected chi connectivity index (χ2v) is 9.08. The van der Waals surface area contributed by atoms with Crippen LogP contribution in [-0.2, 0) is 9.59 Å². The summed E-state index contributed by atoms with van der Waals surface area (Å²) in [6.45, 7) is 8.50. The van der Waals surface area contributed by atoms with Gasteiger partial charge in [-0.2, -0.15) is 0 Å². The Kier molecular flexibility index (Phi) is 5.12. The number of ether oxygens (including phenoxy) is 1. The highest BCUT2D eigenvalue weighted by Crippen LogP contribution is 2.60. The molecule has 2 bridgehead atoms. The van der Waals surface area contributed by atoms with Crippen LogP contribution in [-0.4, -0.2) is 24.3 Å². The fourth-order valence-corrected chi connectivity index (χ4v) is 4.83. The van der Waals surface area contributed by atoms with E-state index in [9.17, 15) is 14.4 Å². The zero-order valence-electron chi connectivity index (χ0n) is 18.4. The quantitative estimate of drug-likeness (QED) is 0.714. The maximum Gasteiger partial charge on any atom is 0.255 e. The first-order chi connectivity index (χ1) is 14.7. The zero-order chi connectivity index (χ0) is 22.4. The predicted octanol–water partition coefficient (Wildman–Crippen LogP) is 4.65. The van der Waals surface area contributed by atoms with E-state index < -0.39 is 5.41 Å². The van der Waals surface area contributed by atoms with E-state index in [0.29, 0.717) is 30.0 Å². The number of piperidine rings is 1. The van der Waals surface area contributed by atoms with Crippen LogP contribution < -0.4 is 15.0 Å². The van der Waals surface area contributed by atoms with Gasteiger partial charge < -0.3 is 10.1 Å². The lowest BCUT2D eigenvalue weighted by atomic mass is 9.62. The number of amides is 3. The van der Waals surface area contributed by atoms with Crippen molar-refractivity contribution in [2.45, 2.75) is 40.5 Å². The maximum absolute atomic E-state index is 13.3. The molecule has 3 amide bonds. The molecule has 0 spiro atoms. The van der Waals surface area contributed by atoms with Gasteiger partial charge in [0.2, 0.25) is 11.8 Å². The molecular formula is C25H28N2O4. The lowest BCUT2D eigenvalue weighted by Gasteiger charge is -2.47. The summed E-state index contributed by atoms with van der Waals surface area (Å²) in [6, 6.07) is 13.8. The molecule has 2 aromatic rings. The van der Waals surface area contributed by atoms with Crippen molar-refractivity contribution in [3.8, 4) is 5.75 Å². The SMILES string of the molecule is CCOc1ccc(NC(=O)c2ccc(N3C(=O)[C@H]4CC[C@](C)(C3=O)C4(C)C)cc2)cc1. The monoisotopic (exact) mass is 420 g/mol. The number of rotatable bonds is 5. The number of nitrogens with one attached hydrogen (secondary N) is 1. The third-order valence-electron chi connectivity index (χ3n) is 7.23. The van der Waals surface area contributed by atoms with E-state index in [1.165, 1.54) is 4.90 Å². The molecule has 1 heterocycles. The van der Waals surface area contributed by atoms with Gasteiger partial charge in [-0.3, -0.25) is 14.4 Å². The van der Waals surface area contributed by atoms with Crippen molar-refractivity contribution in [2.75, 3.05) is 16.8 Å². The molecule has 1 aliphatic carbocycles. The number of hydrogen-bond acceptors (Lipinski definition) is 4.